The van der Waals surface area contributed by atoms with Crippen molar-refractivity contribution in [1.82, 2.24) is 5.32 Å². The van der Waals surface area contributed by atoms with Gasteiger partial charge in [-0.1, -0.05) is 70.0 Å². The molecule has 0 spiro atoms. The van der Waals surface area contributed by atoms with Crippen molar-refractivity contribution in [3.05, 3.63) is 74.6 Å². The van der Waals surface area contributed by atoms with E-state index in [0.717, 1.165) is 21.1 Å². The van der Waals surface area contributed by atoms with Crippen LogP contribution in [0.25, 0.3) is 6.08 Å². The lowest BCUT2D eigenvalue weighted by molar-refractivity contribution is 0.00578. The summed E-state index contributed by atoms with van der Waals surface area (Å²) in [5, 5.41) is 3.43. The molecule has 0 radical (unpaired) electrons. The van der Waals surface area contributed by atoms with Gasteiger partial charge in [-0.15, -0.1) is 0 Å². The first-order valence-electron chi connectivity index (χ1n) is 10.0. The molecule has 1 aliphatic rings. The lowest BCUT2D eigenvalue weighted by Crippen LogP contribution is -2.41. The Morgan fingerprint density at radius 2 is 1.77 bits per heavy atom. The molecule has 0 saturated carbocycles. The predicted octanol–water partition coefficient (Wildman–Crippen LogP) is 6.04. The fourth-order valence-corrected chi connectivity index (χ4v) is 3.76. The Morgan fingerprint density at radius 3 is 2.39 bits per heavy atom. The quantitative estimate of drug-likeness (QED) is 0.485. The number of halogens is 2. The van der Waals surface area contributed by atoms with Gasteiger partial charge in [0.25, 0.3) is 0 Å². The van der Waals surface area contributed by atoms with E-state index in [9.17, 15) is 4.79 Å². The highest BCUT2D eigenvalue weighted by molar-refractivity contribution is 9.10. The Balaban J connectivity index is 1.74. The molecule has 0 bridgehead atoms. The summed E-state index contributed by atoms with van der Waals surface area (Å²) in [4.78, 5) is 12.3. The number of benzene rings is 2. The van der Waals surface area contributed by atoms with Crippen LogP contribution in [0.2, 0.25) is 5.02 Å². The molecule has 1 fully saturated rings. The third kappa shape index (κ3) is 6.13. The first kappa shape index (κ1) is 23.9. The highest BCUT2D eigenvalue weighted by Gasteiger charge is 2.52. The molecule has 8 heteroatoms. The molecule has 2 aromatic carbocycles. The zero-order valence-corrected chi connectivity index (χ0v) is 20.4. The van der Waals surface area contributed by atoms with Gasteiger partial charge < -0.3 is 19.4 Å². The van der Waals surface area contributed by atoms with Gasteiger partial charge in [-0.3, -0.25) is 0 Å². The van der Waals surface area contributed by atoms with Crippen molar-refractivity contribution < 1.29 is 18.8 Å². The van der Waals surface area contributed by atoms with Crippen LogP contribution in [0.5, 0.6) is 0 Å². The molecule has 5 nitrogen and oxygen atoms in total. The molecule has 0 aromatic heterocycles. The van der Waals surface area contributed by atoms with Gasteiger partial charge in [-0.05, 0) is 56.4 Å². The molecule has 1 saturated heterocycles. The highest BCUT2D eigenvalue weighted by Crippen LogP contribution is 2.39. The molecule has 0 atom stereocenters. The largest absolute Gasteiger partial charge is 0.492 e. The van der Waals surface area contributed by atoms with E-state index in [1.807, 2.05) is 82.3 Å². The summed E-state index contributed by atoms with van der Waals surface area (Å²) in [6, 6.07) is 15.0. The molecule has 0 unspecified atom stereocenters. The monoisotopic (exact) mass is 505 g/mol. The third-order valence-corrected chi connectivity index (χ3v) is 6.43. The van der Waals surface area contributed by atoms with Gasteiger partial charge in [0.15, 0.2) is 0 Å². The zero-order valence-electron chi connectivity index (χ0n) is 18.1. The van der Waals surface area contributed by atoms with Crippen molar-refractivity contribution in [2.75, 3.05) is 6.54 Å². The van der Waals surface area contributed by atoms with Crippen molar-refractivity contribution >= 4 is 46.8 Å². The summed E-state index contributed by atoms with van der Waals surface area (Å²) in [5.41, 5.74) is 1.58. The fraction of sp³-hybridized carbons (Fsp3) is 0.348. The van der Waals surface area contributed by atoms with Crippen LogP contribution >= 0.6 is 27.5 Å². The van der Waals surface area contributed by atoms with Crippen LogP contribution in [0.3, 0.4) is 0 Å². The fourth-order valence-electron chi connectivity index (χ4n) is 2.96. The average molecular weight is 507 g/mol. The Hall–Kier alpha value is -1.80. The number of rotatable bonds is 6. The van der Waals surface area contributed by atoms with Crippen molar-refractivity contribution in [3.8, 4) is 0 Å². The van der Waals surface area contributed by atoms with Crippen LogP contribution in [0.15, 0.2) is 58.5 Å². The van der Waals surface area contributed by atoms with E-state index in [2.05, 4.69) is 21.2 Å². The van der Waals surface area contributed by atoms with Gasteiger partial charge in [0, 0.05) is 16.0 Å². The number of hydrogen-bond donors (Lipinski definition) is 1. The summed E-state index contributed by atoms with van der Waals surface area (Å²) >= 11 is 9.61. The summed E-state index contributed by atoms with van der Waals surface area (Å²) in [7, 11) is -0.609. The predicted molar refractivity (Wildman–Crippen MR) is 128 cm³/mol. The third-order valence-electron chi connectivity index (χ3n) is 5.51. The minimum Gasteiger partial charge on any atom is -0.445 e. The van der Waals surface area contributed by atoms with Crippen molar-refractivity contribution in [2.24, 2.45) is 0 Å². The smallest absolute Gasteiger partial charge is 0.445 e. The van der Waals surface area contributed by atoms with Crippen LogP contribution in [0.1, 0.15) is 38.8 Å². The number of nitrogens with one attached hydrogen (secondary N) is 1. The lowest BCUT2D eigenvalue weighted by Gasteiger charge is -2.32. The van der Waals surface area contributed by atoms with Crippen molar-refractivity contribution in [3.63, 3.8) is 0 Å². The second-order valence-corrected chi connectivity index (χ2v) is 9.68. The number of alkyl carbamates (subject to hydrolysis) is 1. The number of amides is 1. The Labute approximate surface area is 197 Å². The number of hydrogen-bond acceptors (Lipinski definition) is 4. The standard InChI is InChI=1S/C23H26BBrClNO4/c1-22(2)23(3,4)31-24(30-22)18(12-17-10-11-19(26)13-20(17)25)14-27-21(28)29-15-16-8-6-5-7-9-16/h5-13H,14-15H2,1-4H3,(H,27,28). The molecule has 0 aliphatic carbocycles. The van der Waals surface area contributed by atoms with Gasteiger partial charge in [0.05, 0.1) is 11.2 Å². The summed E-state index contributed by atoms with van der Waals surface area (Å²) < 4.78 is 18.6. The second kappa shape index (κ2) is 9.78. The first-order valence-corrected chi connectivity index (χ1v) is 11.2. The average Bonchev–Trinajstić information content (AvgIpc) is 2.93. The molecule has 1 N–H and O–H groups in total. The van der Waals surface area contributed by atoms with Crippen LogP contribution in [0.4, 0.5) is 4.79 Å². The molecular weight excluding hydrogens is 480 g/mol. The first-order chi connectivity index (χ1) is 14.6. The van der Waals surface area contributed by atoms with Crippen LogP contribution in [0, 0.1) is 0 Å². The molecule has 1 amide bonds. The normalized spacial score (nSPS) is 17.5. The van der Waals surface area contributed by atoms with Gasteiger partial charge in [-0.2, -0.15) is 0 Å². The summed E-state index contributed by atoms with van der Waals surface area (Å²) in [6.45, 7) is 8.37. The molecule has 3 rings (SSSR count). The van der Waals surface area contributed by atoms with Crippen LogP contribution < -0.4 is 5.32 Å². The van der Waals surface area contributed by atoms with Gasteiger partial charge in [0.1, 0.15) is 6.61 Å². The van der Waals surface area contributed by atoms with Crippen molar-refractivity contribution in [1.29, 1.82) is 0 Å². The SMILES string of the molecule is CC1(C)OB(C(=Cc2ccc(Cl)cc2Br)CNC(=O)OCc2ccccc2)OC1(C)C. The maximum Gasteiger partial charge on any atom is 0.492 e. The van der Waals surface area contributed by atoms with Gasteiger partial charge in [0.2, 0.25) is 0 Å². The van der Waals surface area contributed by atoms with Gasteiger partial charge >= 0.3 is 13.2 Å². The van der Waals surface area contributed by atoms with Gasteiger partial charge in [-0.25, -0.2) is 4.79 Å². The Morgan fingerprint density at radius 1 is 1.13 bits per heavy atom. The summed E-state index contributed by atoms with van der Waals surface area (Å²) in [6.07, 6.45) is 1.42. The van der Waals surface area contributed by atoms with E-state index in [1.54, 1.807) is 0 Å². The lowest BCUT2D eigenvalue weighted by atomic mass is 9.77. The maximum atomic E-state index is 12.3. The maximum absolute atomic E-state index is 12.3. The minimum absolute atomic E-state index is 0.199. The topological polar surface area (TPSA) is 56.8 Å². The van der Waals surface area contributed by atoms with E-state index in [1.165, 1.54) is 0 Å². The molecule has 31 heavy (non-hydrogen) atoms. The van der Waals surface area contributed by atoms with Crippen LogP contribution in [-0.4, -0.2) is 31.0 Å². The van der Waals surface area contributed by atoms with E-state index in [-0.39, 0.29) is 13.2 Å². The second-order valence-electron chi connectivity index (χ2n) is 8.39. The van der Waals surface area contributed by atoms with E-state index < -0.39 is 24.4 Å². The highest BCUT2D eigenvalue weighted by atomic mass is 79.9. The van der Waals surface area contributed by atoms with E-state index in [4.69, 9.17) is 25.6 Å². The minimum atomic E-state index is -0.609. The zero-order chi connectivity index (χ0) is 22.6. The number of carbonyl (C=O) groups is 1. The van der Waals surface area contributed by atoms with E-state index >= 15 is 0 Å². The van der Waals surface area contributed by atoms with E-state index in [0.29, 0.717) is 5.02 Å². The molecule has 2 aromatic rings. The molecule has 1 heterocycles. The van der Waals surface area contributed by atoms with Crippen molar-refractivity contribution in [2.45, 2.75) is 45.5 Å². The number of carbonyl (C=O) groups excluding carboxylic acids is 1. The Kier molecular flexibility index (Phi) is 7.53. The number of ether oxygens (including phenoxy) is 1. The molecular formula is C23H26BBrClNO4. The Bertz CT molecular complexity index is 949. The molecule has 164 valence electrons. The van der Waals surface area contributed by atoms with Crippen LogP contribution in [-0.2, 0) is 20.7 Å². The summed E-state index contributed by atoms with van der Waals surface area (Å²) in [5.74, 6) is 0. The molecule has 1 aliphatic heterocycles.